The summed E-state index contributed by atoms with van der Waals surface area (Å²) in [5, 5.41) is 0. The topological polar surface area (TPSA) is 21.7 Å². The zero-order valence-electron chi connectivity index (χ0n) is 14.0. The van der Waals surface area contributed by atoms with E-state index in [4.69, 9.17) is 9.47 Å². The molecule has 1 atom stereocenters. The number of hydrogen-bond donors (Lipinski definition) is 0. The Hall–Kier alpha value is -1.84. The van der Waals surface area contributed by atoms with E-state index < -0.39 is 0 Å². The molecular formula is C20H25NO2. The van der Waals surface area contributed by atoms with E-state index in [-0.39, 0.29) is 0 Å². The molecule has 0 spiro atoms. The second-order valence-corrected chi connectivity index (χ2v) is 6.16. The van der Waals surface area contributed by atoms with Crippen LogP contribution in [0.2, 0.25) is 0 Å². The Kier molecular flexibility index (Phi) is 5.31. The van der Waals surface area contributed by atoms with Gasteiger partial charge in [0.2, 0.25) is 0 Å². The lowest BCUT2D eigenvalue weighted by Gasteiger charge is -2.25. The van der Waals surface area contributed by atoms with E-state index in [0.29, 0.717) is 12.6 Å². The van der Waals surface area contributed by atoms with Crippen molar-refractivity contribution in [1.29, 1.82) is 0 Å². The predicted octanol–water partition coefficient (Wildman–Crippen LogP) is 4.18. The third-order valence-corrected chi connectivity index (χ3v) is 4.53. The van der Waals surface area contributed by atoms with E-state index >= 15 is 0 Å². The van der Waals surface area contributed by atoms with Gasteiger partial charge in [-0.1, -0.05) is 36.4 Å². The predicted molar refractivity (Wildman–Crippen MR) is 92.5 cm³/mol. The summed E-state index contributed by atoms with van der Waals surface area (Å²) in [5.41, 5.74) is 3.95. The summed E-state index contributed by atoms with van der Waals surface area (Å²) < 4.78 is 10.6. The number of likely N-dealkylation sites (tertiary alicyclic amines) is 1. The first-order valence-electron chi connectivity index (χ1n) is 8.25. The van der Waals surface area contributed by atoms with Crippen LogP contribution in [0.1, 0.15) is 35.6 Å². The highest BCUT2D eigenvalue weighted by Crippen LogP contribution is 2.34. The maximum absolute atomic E-state index is 5.38. The molecule has 2 aromatic rings. The molecule has 0 aromatic heterocycles. The molecule has 1 unspecified atom stereocenters. The molecule has 1 aliphatic rings. The number of hydrogen-bond acceptors (Lipinski definition) is 3. The molecule has 0 radical (unpaired) electrons. The fourth-order valence-corrected chi connectivity index (χ4v) is 3.46. The van der Waals surface area contributed by atoms with Gasteiger partial charge in [-0.3, -0.25) is 4.90 Å². The highest BCUT2D eigenvalue weighted by Gasteiger charge is 2.26. The number of benzene rings is 2. The van der Waals surface area contributed by atoms with Gasteiger partial charge in [-0.2, -0.15) is 0 Å². The van der Waals surface area contributed by atoms with Crippen molar-refractivity contribution in [3.05, 3.63) is 65.2 Å². The van der Waals surface area contributed by atoms with E-state index in [1.54, 1.807) is 14.2 Å². The third kappa shape index (κ3) is 3.92. The molecule has 0 amide bonds. The van der Waals surface area contributed by atoms with E-state index in [2.05, 4.69) is 47.4 Å². The summed E-state index contributed by atoms with van der Waals surface area (Å²) in [6.07, 6.45) is 2.46. The average molecular weight is 311 g/mol. The fraction of sp³-hybridized carbons (Fsp3) is 0.400. The van der Waals surface area contributed by atoms with Crippen molar-refractivity contribution in [2.75, 3.05) is 20.8 Å². The minimum atomic E-state index is 0.483. The molecule has 23 heavy (non-hydrogen) atoms. The van der Waals surface area contributed by atoms with E-state index in [1.165, 1.54) is 29.5 Å². The molecule has 1 aliphatic heterocycles. The molecule has 0 bridgehead atoms. The number of rotatable bonds is 6. The molecule has 3 nitrogen and oxygen atoms in total. The Morgan fingerprint density at radius 2 is 1.87 bits per heavy atom. The lowest BCUT2D eigenvalue weighted by molar-refractivity contribution is 0.184. The zero-order valence-corrected chi connectivity index (χ0v) is 14.0. The minimum Gasteiger partial charge on any atom is -0.497 e. The largest absolute Gasteiger partial charge is 0.497 e. The third-order valence-electron chi connectivity index (χ3n) is 4.53. The molecule has 1 heterocycles. The lowest BCUT2D eigenvalue weighted by atomic mass is 10.0. The summed E-state index contributed by atoms with van der Waals surface area (Å²) >= 11 is 0. The standard InChI is InChI=1S/C20H25NO2/c1-22-15-17-7-3-6-16(12-17)14-21-11-5-10-20(21)18-8-4-9-19(13-18)23-2/h3-4,6-9,12-13,20H,5,10-11,14-15H2,1-2H3. The van der Waals surface area contributed by atoms with Crippen molar-refractivity contribution in [2.45, 2.75) is 32.0 Å². The minimum absolute atomic E-state index is 0.483. The van der Waals surface area contributed by atoms with Gasteiger partial charge in [-0.15, -0.1) is 0 Å². The van der Waals surface area contributed by atoms with Gasteiger partial charge in [0, 0.05) is 19.7 Å². The van der Waals surface area contributed by atoms with Gasteiger partial charge < -0.3 is 9.47 Å². The second kappa shape index (κ2) is 7.62. The van der Waals surface area contributed by atoms with Crippen LogP contribution in [-0.4, -0.2) is 25.7 Å². The molecule has 0 aliphatic carbocycles. The molecule has 1 saturated heterocycles. The van der Waals surface area contributed by atoms with Crippen molar-refractivity contribution in [2.24, 2.45) is 0 Å². The molecule has 0 N–H and O–H groups in total. The highest BCUT2D eigenvalue weighted by atomic mass is 16.5. The van der Waals surface area contributed by atoms with Gasteiger partial charge in [0.15, 0.2) is 0 Å². The van der Waals surface area contributed by atoms with E-state index in [1.807, 2.05) is 6.07 Å². The van der Waals surface area contributed by atoms with Gasteiger partial charge in [0.25, 0.3) is 0 Å². The first-order chi connectivity index (χ1) is 11.3. The van der Waals surface area contributed by atoms with Crippen molar-refractivity contribution in [3.63, 3.8) is 0 Å². The Balaban J connectivity index is 1.75. The van der Waals surface area contributed by atoms with Crippen molar-refractivity contribution >= 4 is 0 Å². The van der Waals surface area contributed by atoms with Gasteiger partial charge >= 0.3 is 0 Å². The van der Waals surface area contributed by atoms with E-state index in [0.717, 1.165) is 18.8 Å². The SMILES string of the molecule is COCc1cccc(CN2CCCC2c2cccc(OC)c2)c1. The lowest BCUT2D eigenvalue weighted by Crippen LogP contribution is -2.22. The normalized spacial score (nSPS) is 18.3. The summed E-state index contributed by atoms with van der Waals surface area (Å²) in [4.78, 5) is 2.57. The van der Waals surface area contributed by atoms with Gasteiger partial charge in [-0.25, -0.2) is 0 Å². The van der Waals surface area contributed by atoms with Crippen LogP contribution in [0, 0.1) is 0 Å². The first-order valence-corrected chi connectivity index (χ1v) is 8.25. The zero-order chi connectivity index (χ0) is 16.1. The van der Waals surface area contributed by atoms with Crippen LogP contribution in [0.4, 0.5) is 0 Å². The second-order valence-electron chi connectivity index (χ2n) is 6.16. The van der Waals surface area contributed by atoms with Crippen LogP contribution in [0.25, 0.3) is 0 Å². The van der Waals surface area contributed by atoms with Crippen LogP contribution in [0.5, 0.6) is 5.75 Å². The summed E-state index contributed by atoms with van der Waals surface area (Å²) in [6, 6.07) is 17.7. The molecule has 122 valence electrons. The van der Waals surface area contributed by atoms with Gasteiger partial charge in [0.05, 0.1) is 13.7 Å². The Morgan fingerprint density at radius 3 is 2.70 bits per heavy atom. The molecule has 0 saturated carbocycles. The smallest absolute Gasteiger partial charge is 0.119 e. The molecular weight excluding hydrogens is 286 g/mol. The van der Waals surface area contributed by atoms with Crippen LogP contribution < -0.4 is 4.74 Å². The Labute approximate surface area is 138 Å². The highest BCUT2D eigenvalue weighted by molar-refractivity contribution is 5.31. The monoisotopic (exact) mass is 311 g/mol. The average Bonchev–Trinajstić information content (AvgIpc) is 3.04. The van der Waals surface area contributed by atoms with E-state index in [9.17, 15) is 0 Å². The quantitative estimate of drug-likeness (QED) is 0.799. The van der Waals surface area contributed by atoms with Crippen LogP contribution in [0.3, 0.4) is 0 Å². The first kappa shape index (κ1) is 16.0. The summed E-state index contributed by atoms with van der Waals surface area (Å²) in [5.74, 6) is 0.941. The van der Waals surface area contributed by atoms with Gasteiger partial charge in [-0.05, 0) is 48.2 Å². The molecule has 1 fully saturated rings. The van der Waals surface area contributed by atoms with Crippen molar-refractivity contribution in [3.8, 4) is 5.75 Å². The van der Waals surface area contributed by atoms with Crippen molar-refractivity contribution in [1.82, 2.24) is 4.90 Å². The van der Waals surface area contributed by atoms with Crippen LogP contribution in [-0.2, 0) is 17.9 Å². The number of nitrogens with zero attached hydrogens (tertiary/aromatic N) is 1. The summed E-state index contributed by atoms with van der Waals surface area (Å²) in [6.45, 7) is 2.81. The maximum atomic E-state index is 5.38. The van der Waals surface area contributed by atoms with Crippen molar-refractivity contribution < 1.29 is 9.47 Å². The Morgan fingerprint density at radius 1 is 1.04 bits per heavy atom. The maximum Gasteiger partial charge on any atom is 0.119 e. The molecule has 2 aromatic carbocycles. The molecule has 3 rings (SSSR count). The van der Waals surface area contributed by atoms with Gasteiger partial charge in [0.1, 0.15) is 5.75 Å². The number of methoxy groups -OCH3 is 2. The van der Waals surface area contributed by atoms with Crippen LogP contribution >= 0.6 is 0 Å². The number of ether oxygens (including phenoxy) is 2. The molecule has 3 heteroatoms. The fourth-order valence-electron chi connectivity index (χ4n) is 3.46. The van der Waals surface area contributed by atoms with Crippen LogP contribution in [0.15, 0.2) is 48.5 Å². The Bertz CT molecular complexity index is 641. The summed E-state index contributed by atoms with van der Waals surface area (Å²) in [7, 11) is 3.47.